The number of halogens is 1. The van der Waals surface area contributed by atoms with Crippen LogP contribution in [0, 0.1) is 5.92 Å². The second-order valence-electron chi connectivity index (χ2n) is 6.89. The maximum atomic E-state index is 12.7. The van der Waals surface area contributed by atoms with Crippen LogP contribution in [0.1, 0.15) is 25.3 Å². The SMILES string of the molecule is CC(CSc1cccc[n+]1Cc1ccccc1)C(=O)N1CCC[C@H]1C(=O)O.[Br-]. The lowest BCUT2D eigenvalue weighted by molar-refractivity contribution is -0.724. The summed E-state index contributed by atoms with van der Waals surface area (Å²) >= 11 is 1.64. The number of rotatable bonds is 7. The summed E-state index contributed by atoms with van der Waals surface area (Å²) in [4.78, 5) is 25.6. The normalized spacial score (nSPS) is 17.0. The van der Waals surface area contributed by atoms with Gasteiger partial charge in [0.15, 0.2) is 12.7 Å². The van der Waals surface area contributed by atoms with E-state index in [9.17, 15) is 14.7 Å². The van der Waals surface area contributed by atoms with Crippen molar-refractivity contribution in [2.24, 2.45) is 5.92 Å². The van der Waals surface area contributed by atoms with Gasteiger partial charge in [-0.1, -0.05) is 49.0 Å². The van der Waals surface area contributed by atoms with Gasteiger partial charge in [0.2, 0.25) is 10.9 Å². The molecule has 0 spiro atoms. The predicted molar refractivity (Wildman–Crippen MR) is 104 cm³/mol. The van der Waals surface area contributed by atoms with Crippen molar-refractivity contribution >= 4 is 23.6 Å². The Balaban J connectivity index is 0.00000280. The first-order valence-electron chi connectivity index (χ1n) is 9.24. The highest BCUT2D eigenvalue weighted by atomic mass is 79.9. The third kappa shape index (κ3) is 5.58. The van der Waals surface area contributed by atoms with E-state index in [4.69, 9.17) is 0 Å². The molecule has 1 fully saturated rings. The smallest absolute Gasteiger partial charge is 0.326 e. The largest absolute Gasteiger partial charge is 1.00 e. The zero-order chi connectivity index (χ0) is 19.2. The Kier molecular flexibility index (Phi) is 8.51. The van der Waals surface area contributed by atoms with E-state index in [1.807, 2.05) is 43.5 Å². The Morgan fingerprint density at radius 1 is 1.21 bits per heavy atom. The molecule has 150 valence electrons. The van der Waals surface area contributed by atoms with Crippen LogP contribution in [0.2, 0.25) is 0 Å². The highest BCUT2D eigenvalue weighted by Gasteiger charge is 2.35. The molecule has 1 unspecified atom stereocenters. The Bertz CT molecular complexity index is 803. The van der Waals surface area contributed by atoms with Crippen molar-refractivity contribution in [3.8, 4) is 0 Å². The molecule has 3 rings (SSSR count). The topological polar surface area (TPSA) is 61.5 Å². The van der Waals surface area contributed by atoms with Crippen molar-refractivity contribution in [3.63, 3.8) is 0 Å². The van der Waals surface area contributed by atoms with E-state index in [0.29, 0.717) is 18.7 Å². The summed E-state index contributed by atoms with van der Waals surface area (Å²) < 4.78 is 2.17. The highest BCUT2D eigenvalue weighted by Crippen LogP contribution is 2.23. The van der Waals surface area contributed by atoms with Crippen molar-refractivity contribution in [1.29, 1.82) is 0 Å². The van der Waals surface area contributed by atoms with Gasteiger partial charge in [0, 0.05) is 35.9 Å². The van der Waals surface area contributed by atoms with Crippen LogP contribution in [0.15, 0.2) is 59.8 Å². The molecule has 0 aliphatic carbocycles. The minimum Gasteiger partial charge on any atom is -1.00 e. The predicted octanol–water partition coefficient (Wildman–Crippen LogP) is -0.170. The van der Waals surface area contributed by atoms with Gasteiger partial charge in [0.1, 0.15) is 6.04 Å². The molecule has 2 aromatic rings. The number of amides is 1. The van der Waals surface area contributed by atoms with E-state index in [0.717, 1.165) is 18.0 Å². The van der Waals surface area contributed by atoms with Gasteiger partial charge in [0.05, 0.1) is 0 Å². The molecular weight excluding hydrogens is 440 g/mol. The van der Waals surface area contributed by atoms with Crippen molar-refractivity contribution in [2.75, 3.05) is 12.3 Å². The fraction of sp³-hybridized carbons (Fsp3) is 0.381. The van der Waals surface area contributed by atoms with Crippen LogP contribution in [-0.4, -0.2) is 40.2 Å². The van der Waals surface area contributed by atoms with E-state index in [-0.39, 0.29) is 28.8 Å². The van der Waals surface area contributed by atoms with Crippen molar-refractivity contribution in [3.05, 3.63) is 60.3 Å². The van der Waals surface area contributed by atoms with E-state index in [1.54, 1.807) is 11.8 Å². The van der Waals surface area contributed by atoms with Crippen molar-refractivity contribution in [1.82, 2.24) is 4.90 Å². The van der Waals surface area contributed by atoms with Crippen LogP contribution in [0.4, 0.5) is 0 Å². The van der Waals surface area contributed by atoms with Crippen LogP contribution in [-0.2, 0) is 16.1 Å². The maximum Gasteiger partial charge on any atom is 0.326 e. The first-order chi connectivity index (χ1) is 13.1. The van der Waals surface area contributed by atoms with Crippen molar-refractivity contribution < 1.29 is 36.2 Å². The molecule has 1 aromatic heterocycles. The number of hydrogen-bond donors (Lipinski definition) is 1. The molecule has 1 aliphatic heterocycles. The average Bonchev–Trinajstić information content (AvgIpc) is 3.17. The molecule has 2 heterocycles. The third-order valence-electron chi connectivity index (χ3n) is 4.82. The zero-order valence-corrected chi connectivity index (χ0v) is 18.2. The van der Waals surface area contributed by atoms with E-state index >= 15 is 0 Å². The van der Waals surface area contributed by atoms with Crippen LogP contribution in [0.3, 0.4) is 0 Å². The molecule has 1 aliphatic rings. The number of nitrogens with zero attached hydrogens (tertiary/aromatic N) is 2. The zero-order valence-electron chi connectivity index (χ0n) is 15.8. The number of aromatic nitrogens is 1. The van der Waals surface area contributed by atoms with Gasteiger partial charge in [0.25, 0.3) is 0 Å². The molecule has 7 heteroatoms. The number of benzene rings is 1. The van der Waals surface area contributed by atoms with E-state index in [1.165, 1.54) is 10.5 Å². The summed E-state index contributed by atoms with van der Waals surface area (Å²) in [6, 6.07) is 15.7. The molecular formula is C21H25BrN2O3S. The van der Waals surface area contributed by atoms with Gasteiger partial charge >= 0.3 is 5.97 Å². The van der Waals surface area contributed by atoms with Gasteiger partial charge < -0.3 is 27.0 Å². The molecule has 5 nitrogen and oxygen atoms in total. The summed E-state index contributed by atoms with van der Waals surface area (Å²) in [7, 11) is 0. The van der Waals surface area contributed by atoms with Crippen LogP contribution >= 0.6 is 11.8 Å². The first-order valence-corrected chi connectivity index (χ1v) is 10.2. The lowest BCUT2D eigenvalue weighted by Crippen LogP contribution is -3.00. The summed E-state index contributed by atoms with van der Waals surface area (Å²) in [6.07, 6.45) is 3.36. The minimum atomic E-state index is -0.899. The number of carbonyl (C=O) groups is 2. The number of carboxylic acid groups (broad SMARTS) is 1. The lowest BCUT2D eigenvalue weighted by Gasteiger charge is -2.24. The molecule has 2 atom stereocenters. The molecule has 0 bridgehead atoms. The number of aliphatic carboxylic acids is 1. The summed E-state index contributed by atoms with van der Waals surface area (Å²) in [5.74, 6) is -0.553. The number of carbonyl (C=O) groups excluding carboxylic acids is 1. The Hall–Kier alpha value is -1.86. The summed E-state index contributed by atoms with van der Waals surface area (Å²) in [6.45, 7) is 3.21. The molecule has 1 amide bonds. The molecule has 1 aromatic carbocycles. The Labute approximate surface area is 180 Å². The monoisotopic (exact) mass is 464 g/mol. The highest BCUT2D eigenvalue weighted by molar-refractivity contribution is 7.99. The molecule has 0 radical (unpaired) electrons. The van der Waals surface area contributed by atoms with Crippen LogP contribution in [0.25, 0.3) is 0 Å². The standard InChI is InChI=1S/C21H24N2O3S.BrH/c1-16(20(24)23-13-7-10-18(23)21(25)26)15-27-19-11-5-6-12-22(19)14-17-8-3-2-4-9-17;/h2-6,8-9,11-12,16,18H,7,10,13-15H2,1H3;1H/t16?,18-;/m0./s1. The average molecular weight is 465 g/mol. The van der Waals surface area contributed by atoms with E-state index in [2.05, 4.69) is 22.8 Å². The summed E-state index contributed by atoms with van der Waals surface area (Å²) in [5, 5.41) is 10.4. The molecule has 28 heavy (non-hydrogen) atoms. The Morgan fingerprint density at radius 3 is 2.64 bits per heavy atom. The lowest BCUT2D eigenvalue weighted by atomic mass is 10.1. The first kappa shape index (κ1) is 22.4. The Morgan fingerprint density at radius 2 is 1.93 bits per heavy atom. The van der Waals surface area contributed by atoms with Gasteiger partial charge in [-0.25, -0.2) is 4.79 Å². The van der Waals surface area contributed by atoms with Gasteiger partial charge in [-0.15, -0.1) is 0 Å². The fourth-order valence-corrected chi connectivity index (χ4v) is 4.38. The molecule has 1 saturated heterocycles. The summed E-state index contributed by atoms with van der Waals surface area (Å²) in [5.41, 5.74) is 1.22. The number of carboxylic acids is 1. The van der Waals surface area contributed by atoms with Crippen LogP contribution in [0.5, 0.6) is 0 Å². The second kappa shape index (κ2) is 10.6. The number of likely N-dealkylation sites (tertiary alicyclic amines) is 1. The van der Waals surface area contributed by atoms with Crippen molar-refractivity contribution in [2.45, 2.75) is 37.4 Å². The third-order valence-corrected chi connectivity index (χ3v) is 6.15. The molecule has 1 N–H and O–H groups in total. The van der Waals surface area contributed by atoms with Crippen LogP contribution < -0.4 is 21.5 Å². The number of hydrogen-bond acceptors (Lipinski definition) is 3. The van der Waals surface area contributed by atoms with Gasteiger partial charge in [-0.05, 0) is 18.9 Å². The number of thioether (sulfide) groups is 1. The maximum absolute atomic E-state index is 12.7. The van der Waals surface area contributed by atoms with Gasteiger partial charge in [-0.2, -0.15) is 4.57 Å². The molecule has 0 saturated carbocycles. The number of pyridine rings is 1. The quantitative estimate of drug-likeness (QED) is 0.456. The minimum absolute atomic E-state index is 0. The van der Waals surface area contributed by atoms with E-state index < -0.39 is 12.0 Å². The fourth-order valence-electron chi connectivity index (χ4n) is 3.35. The second-order valence-corrected chi connectivity index (χ2v) is 7.93. The van der Waals surface area contributed by atoms with Gasteiger partial charge in [-0.3, -0.25) is 4.79 Å².